The van der Waals surface area contributed by atoms with Gasteiger partial charge in [0, 0.05) is 19.5 Å². The van der Waals surface area contributed by atoms with E-state index in [1.165, 1.54) is 51.4 Å². The number of nitrogens with one attached hydrogen (secondary N) is 1. The molecule has 2 saturated carbocycles. The van der Waals surface area contributed by atoms with Gasteiger partial charge in [-0.1, -0.05) is 78.9 Å². The molecule has 0 spiro atoms. The van der Waals surface area contributed by atoms with E-state index < -0.39 is 0 Å². The Morgan fingerprint density at radius 2 is 1.73 bits per heavy atom. The zero-order chi connectivity index (χ0) is 32.2. The van der Waals surface area contributed by atoms with Gasteiger partial charge in [0.2, 0.25) is 0 Å². The smallest absolute Gasteiger partial charge is 0.410 e. The first kappa shape index (κ1) is 37.3. The Morgan fingerprint density at radius 1 is 1.00 bits per heavy atom. The lowest BCUT2D eigenvalue weighted by atomic mass is 9.48. The molecule has 6 nitrogen and oxygen atoms in total. The summed E-state index contributed by atoms with van der Waals surface area (Å²) in [6.07, 6.45) is 20.1. The van der Waals surface area contributed by atoms with E-state index in [1.54, 1.807) is 5.57 Å². The highest BCUT2D eigenvalue weighted by atomic mass is 16.6. The summed E-state index contributed by atoms with van der Waals surface area (Å²) in [6, 6.07) is 0. The van der Waals surface area contributed by atoms with E-state index in [2.05, 4.69) is 52.9 Å². The van der Waals surface area contributed by atoms with Crippen LogP contribution in [0.4, 0.5) is 4.79 Å². The molecule has 1 amide bonds. The fraction of sp³-hybridized carbons (Fsp3) is 0.921. The van der Waals surface area contributed by atoms with Gasteiger partial charge in [-0.2, -0.15) is 0 Å². The van der Waals surface area contributed by atoms with Gasteiger partial charge >= 0.3 is 6.09 Å². The number of unbranched alkanes of at least 4 members (excludes halogenated alkanes) is 1. The molecule has 7 atom stereocenters. The van der Waals surface area contributed by atoms with Crippen LogP contribution >= 0.6 is 0 Å². The van der Waals surface area contributed by atoms with Crippen LogP contribution < -0.4 is 16.8 Å². The third-order valence-corrected chi connectivity index (χ3v) is 12.2. The molecule has 0 aromatic carbocycles. The normalized spacial score (nSPS) is 29.8. The minimum Gasteiger partial charge on any atom is -0.446 e. The zero-order valence-corrected chi connectivity index (χ0v) is 29.8. The van der Waals surface area contributed by atoms with Gasteiger partial charge in [-0.15, -0.1) is 0 Å². The van der Waals surface area contributed by atoms with Crippen molar-refractivity contribution in [1.29, 1.82) is 0 Å². The quantitative estimate of drug-likeness (QED) is 0.100. The van der Waals surface area contributed by atoms with E-state index in [-0.39, 0.29) is 17.6 Å². The van der Waals surface area contributed by atoms with E-state index in [4.69, 9.17) is 16.2 Å². The summed E-state index contributed by atoms with van der Waals surface area (Å²) < 4.78 is 6.22. The van der Waals surface area contributed by atoms with Crippen LogP contribution in [-0.4, -0.2) is 56.4 Å². The molecular weight excluding hydrogens is 544 g/mol. The largest absolute Gasteiger partial charge is 0.446 e. The Morgan fingerprint density at radius 3 is 2.43 bits per heavy atom. The first-order valence-electron chi connectivity index (χ1n) is 18.8. The van der Waals surface area contributed by atoms with Crippen molar-refractivity contribution in [2.75, 3.05) is 39.3 Å². The summed E-state index contributed by atoms with van der Waals surface area (Å²) in [6.45, 7) is 19.6. The summed E-state index contributed by atoms with van der Waals surface area (Å²) in [5.74, 6) is 4.04. The molecule has 0 aliphatic heterocycles. The van der Waals surface area contributed by atoms with Crippen LogP contribution in [0.2, 0.25) is 0 Å². The van der Waals surface area contributed by atoms with E-state index >= 15 is 0 Å². The fourth-order valence-electron chi connectivity index (χ4n) is 9.65. The Hall–Kier alpha value is -1.11. The van der Waals surface area contributed by atoms with Crippen LogP contribution in [0.25, 0.3) is 0 Å². The third kappa shape index (κ3) is 10.2. The number of nitrogens with zero attached hydrogens (tertiary/aromatic N) is 1. The molecular formula is C38H72N4O2. The number of rotatable bonds is 19. The van der Waals surface area contributed by atoms with Crippen LogP contribution in [0.3, 0.4) is 0 Å². The molecule has 0 radical (unpaired) electrons. The summed E-state index contributed by atoms with van der Waals surface area (Å²) in [4.78, 5) is 15.2. The molecule has 0 aromatic rings. The summed E-state index contributed by atoms with van der Waals surface area (Å²) in [5, 5.41) is 3.43. The lowest BCUT2D eigenvalue weighted by Gasteiger charge is -2.57. The number of hydrogen-bond donors (Lipinski definition) is 3. The molecule has 44 heavy (non-hydrogen) atoms. The predicted octanol–water partition coefficient (Wildman–Crippen LogP) is 8.29. The Balaban J connectivity index is 1.55. The fourth-order valence-corrected chi connectivity index (χ4v) is 9.65. The molecule has 6 heteroatoms. The summed E-state index contributed by atoms with van der Waals surface area (Å²) >= 11 is 0. The Kier molecular flexibility index (Phi) is 15.5. The van der Waals surface area contributed by atoms with E-state index in [0.29, 0.717) is 18.5 Å². The lowest BCUT2D eigenvalue weighted by molar-refractivity contribution is -0.0394. The van der Waals surface area contributed by atoms with Gasteiger partial charge in [0.25, 0.3) is 0 Å². The average molecular weight is 617 g/mol. The minimum absolute atomic E-state index is 0.00157. The van der Waals surface area contributed by atoms with Crippen molar-refractivity contribution < 1.29 is 9.53 Å². The molecule has 0 heterocycles. The third-order valence-electron chi connectivity index (χ3n) is 12.2. The number of fused-ring (bicyclic) bond motifs is 3. The minimum atomic E-state index is -0.140. The van der Waals surface area contributed by atoms with E-state index in [0.717, 1.165) is 101 Å². The van der Waals surface area contributed by atoms with Crippen LogP contribution in [0, 0.1) is 40.4 Å². The first-order valence-corrected chi connectivity index (χ1v) is 18.8. The number of amides is 1. The SMILES string of the molecule is CCC(C(C)CCCC(C)C)C1(C)CCC2C(CC=C3CC(OC(=O)N(CCCN)CCCCNCCCN)CCC32C)C1. The van der Waals surface area contributed by atoms with E-state index in [9.17, 15) is 4.79 Å². The second-order valence-electron chi connectivity index (χ2n) is 15.9. The van der Waals surface area contributed by atoms with Gasteiger partial charge in [-0.05, 0) is 131 Å². The molecule has 3 rings (SSSR count). The number of nitrogens with two attached hydrogens (primary N) is 2. The molecule has 0 saturated heterocycles. The summed E-state index contributed by atoms with van der Waals surface area (Å²) in [5.41, 5.74) is 13.7. The van der Waals surface area contributed by atoms with Crippen LogP contribution in [-0.2, 0) is 4.74 Å². The maximum absolute atomic E-state index is 13.3. The van der Waals surface area contributed by atoms with Crippen molar-refractivity contribution in [1.82, 2.24) is 10.2 Å². The topological polar surface area (TPSA) is 93.6 Å². The summed E-state index contributed by atoms with van der Waals surface area (Å²) in [7, 11) is 0. The van der Waals surface area contributed by atoms with Crippen molar-refractivity contribution >= 4 is 6.09 Å². The van der Waals surface area contributed by atoms with Gasteiger partial charge in [0.1, 0.15) is 6.10 Å². The number of carbonyl (C=O) groups excluding carboxylic acids is 1. The highest BCUT2D eigenvalue weighted by Crippen LogP contribution is 2.61. The average Bonchev–Trinajstić information content (AvgIpc) is 2.98. The molecule has 2 fully saturated rings. The van der Waals surface area contributed by atoms with Crippen molar-refractivity contribution in [3.63, 3.8) is 0 Å². The number of hydrogen-bond acceptors (Lipinski definition) is 5. The van der Waals surface area contributed by atoms with Crippen LogP contribution in [0.5, 0.6) is 0 Å². The number of carbonyl (C=O) groups is 1. The van der Waals surface area contributed by atoms with Crippen LogP contribution in [0.1, 0.15) is 138 Å². The predicted molar refractivity (Wildman–Crippen MR) is 187 cm³/mol. The van der Waals surface area contributed by atoms with Crippen molar-refractivity contribution in [2.45, 2.75) is 144 Å². The first-order chi connectivity index (χ1) is 21.1. The number of ether oxygens (including phenoxy) is 1. The van der Waals surface area contributed by atoms with Gasteiger partial charge in [0.15, 0.2) is 0 Å². The maximum Gasteiger partial charge on any atom is 0.410 e. The standard InChI is InChI=1S/C38H72N4O2/c1-7-34(30(4)14-10-13-29(2)3)37(5)19-18-35-31(28-37)15-16-32-27-33(17-20-38(32,35)6)44-36(43)42(26-12-22-40)25-9-8-23-41-24-11-21-39/h16,29-31,33-35,41H,7-15,17-28,39-40H2,1-6H3. The monoisotopic (exact) mass is 617 g/mol. The molecule has 256 valence electrons. The molecule has 0 bridgehead atoms. The highest BCUT2D eigenvalue weighted by Gasteiger charge is 2.52. The van der Waals surface area contributed by atoms with Gasteiger partial charge in [-0.25, -0.2) is 4.79 Å². The van der Waals surface area contributed by atoms with E-state index in [1.807, 2.05) is 4.90 Å². The lowest BCUT2D eigenvalue weighted by Crippen LogP contribution is -2.49. The van der Waals surface area contributed by atoms with Crippen molar-refractivity contribution in [3.05, 3.63) is 11.6 Å². The van der Waals surface area contributed by atoms with Gasteiger partial charge in [-0.3, -0.25) is 0 Å². The zero-order valence-electron chi connectivity index (χ0n) is 29.8. The van der Waals surface area contributed by atoms with Gasteiger partial charge < -0.3 is 26.4 Å². The number of allylic oxidation sites excluding steroid dienone is 1. The second-order valence-corrected chi connectivity index (χ2v) is 15.9. The maximum atomic E-state index is 13.3. The molecule has 5 N–H and O–H groups in total. The molecule has 7 unspecified atom stereocenters. The molecule has 0 aromatic heterocycles. The molecule has 3 aliphatic carbocycles. The van der Waals surface area contributed by atoms with Crippen molar-refractivity contribution in [3.8, 4) is 0 Å². The van der Waals surface area contributed by atoms with Gasteiger partial charge in [0.05, 0.1) is 0 Å². The Bertz CT molecular complexity index is 877. The Labute approximate surface area is 272 Å². The highest BCUT2D eigenvalue weighted by molar-refractivity contribution is 5.67. The van der Waals surface area contributed by atoms with Crippen molar-refractivity contribution in [2.24, 2.45) is 51.9 Å². The molecule has 3 aliphatic rings. The second kappa shape index (κ2) is 18.3. The van der Waals surface area contributed by atoms with Crippen LogP contribution in [0.15, 0.2) is 11.6 Å².